The quantitative estimate of drug-likeness (QED) is 0.504. The second-order valence-electron chi connectivity index (χ2n) is 5.25. The molecule has 0 unspecified atom stereocenters. The molecule has 2 aliphatic carbocycles. The lowest BCUT2D eigenvalue weighted by atomic mass is 9.61. The maximum absolute atomic E-state index is 5.63. The molecule has 1 heterocycles. The predicted molar refractivity (Wildman–Crippen MR) is 48.0 cm³/mol. The van der Waals surface area contributed by atoms with Gasteiger partial charge in [-0.3, -0.25) is 0 Å². The smallest absolute Gasteiger partial charge is 0.0847 e. The average molecular weight is 166 g/mol. The first-order chi connectivity index (χ1) is 5.78. The molecule has 3 rings (SSSR count). The van der Waals surface area contributed by atoms with Crippen LogP contribution in [-0.4, -0.2) is 12.2 Å². The van der Waals surface area contributed by atoms with Crippen LogP contribution in [0, 0.1) is 11.3 Å². The van der Waals surface area contributed by atoms with E-state index in [0.29, 0.717) is 17.6 Å². The SMILES string of the molecule is C[C@@]12CCCC[C@H]1C[C@H]1O[C@H]1C2. The summed E-state index contributed by atoms with van der Waals surface area (Å²) in [7, 11) is 0. The topological polar surface area (TPSA) is 12.5 Å². The van der Waals surface area contributed by atoms with Gasteiger partial charge in [0.2, 0.25) is 0 Å². The molecule has 1 heteroatoms. The largest absolute Gasteiger partial charge is 0.370 e. The first-order valence-electron chi connectivity index (χ1n) is 5.43. The molecule has 12 heavy (non-hydrogen) atoms. The lowest BCUT2D eigenvalue weighted by Crippen LogP contribution is -2.36. The predicted octanol–water partition coefficient (Wildman–Crippen LogP) is 2.74. The second kappa shape index (κ2) is 2.25. The zero-order valence-electron chi connectivity index (χ0n) is 7.88. The first-order valence-corrected chi connectivity index (χ1v) is 5.43. The molecule has 0 spiro atoms. The lowest BCUT2D eigenvalue weighted by molar-refractivity contribution is 0.0790. The summed E-state index contributed by atoms with van der Waals surface area (Å²) in [5.41, 5.74) is 0.663. The van der Waals surface area contributed by atoms with Gasteiger partial charge in [-0.25, -0.2) is 0 Å². The highest BCUT2D eigenvalue weighted by Gasteiger charge is 2.53. The van der Waals surface area contributed by atoms with Crippen molar-refractivity contribution in [1.29, 1.82) is 0 Å². The Morgan fingerprint density at radius 2 is 2.17 bits per heavy atom. The van der Waals surface area contributed by atoms with Crippen molar-refractivity contribution in [1.82, 2.24) is 0 Å². The van der Waals surface area contributed by atoms with Crippen LogP contribution < -0.4 is 0 Å². The number of rotatable bonds is 0. The summed E-state index contributed by atoms with van der Waals surface area (Å²) in [6.45, 7) is 2.49. The van der Waals surface area contributed by atoms with Crippen LogP contribution in [0.3, 0.4) is 0 Å². The molecule has 0 radical (unpaired) electrons. The van der Waals surface area contributed by atoms with Gasteiger partial charge < -0.3 is 4.74 Å². The van der Waals surface area contributed by atoms with Gasteiger partial charge in [0, 0.05) is 0 Å². The Morgan fingerprint density at radius 1 is 1.25 bits per heavy atom. The fraction of sp³-hybridized carbons (Fsp3) is 1.00. The molecule has 0 N–H and O–H groups in total. The Bertz CT molecular complexity index is 201. The van der Waals surface area contributed by atoms with Crippen molar-refractivity contribution < 1.29 is 4.74 Å². The van der Waals surface area contributed by atoms with Crippen LogP contribution in [0.1, 0.15) is 45.4 Å². The van der Waals surface area contributed by atoms with E-state index >= 15 is 0 Å². The summed E-state index contributed by atoms with van der Waals surface area (Å²) in [5, 5.41) is 0. The Hall–Kier alpha value is -0.0400. The minimum Gasteiger partial charge on any atom is -0.370 e. The molecule has 0 aromatic heterocycles. The third-order valence-corrected chi connectivity index (χ3v) is 4.41. The molecule has 68 valence electrons. The molecular weight excluding hydrogens is 148 g/mol. The maximum atomic E-state index is 5.63. The van der Waals surface area contributed by atoms with E-state index < -0.39 is 0 Å². The van der Waals surface area contributed by atoms with Crippen molar-refractivity contribution in [3.63, 3.8) is 0 Å². The molecule has 4 atom stereocenters. The van der Waals surface area contributed by atoms with Crippen molar-refractivity contribution in [2.24, 2.45) is 11.3 Å². The molecule has 0 amide bonds. The van der Waals surface area contributed by atoms with Crippen LogP contribution in [0.2, 0.25) is 0 Å². The van der Waals surface area contributed by atoms with E-state index in [9.17, 15) is 0 Å². The summed E-state index contributed by atoms with van der Waals surface area (Å²) in [5.74, 6) is 0.995. The van der Waals surface area contributed by atoms with Gasteiger partial charge in [0.15, 0.2) is 0 Å². The lowest BCUT2D eigenvalue weighted by Gasteiger charge is -2.43. The van der Waals surface area contributed by atoms with Gasteiger partial charge in [0.05, 0.1) is 12.2 Å². The highest BCUT2D eigenvalue weighted by molar-refractivity contribution is 5.02. The van der Waals surface area contributed by atoms with Crippen LogP contribution in [0.4, 0.5) is 0 Å². The highest BCUT2D eigenvalue weighted by atomic mass is 16.6. The van der Waals surface area contributed by atoms with Crippen LogP contribution in [-0.2, 0) is 4.74 Å². The Kier molecular flexibility index (Phi) is 1.39. The fourth-order valence-corrected chi connectivity index (χ4v) is 3.45. The molecular formula is C11H18O. The third-order valence-electron chi connectivity index (χ3n) is 4.41. The van der Waals surface area contributed by atoms with Crippen molar-refractivity contribution in [2.75, 3.05) is 0 Å². The molecule has 3 aliphatic rings. The molecule has 1 aliphatic heterocycles. The van der Waals surface area contributed by atoms with E-state index in [2.05, 4.69) is 6.92 Å². The Morgan fingerprint density at radius 3 is 3.08 bits per heavy atom. The Labute approximate surface area is 74.5 Å². The molecule has 3 fully saturated rings. The maximum Gasteiger partial charge on any atom is 0.0847 e. The summed E-state index contributed by atoms with van der Waals surface area (Å²) < 4.78 is 5.63. The first kappa shape index (κ1) is 7.37. The van der Waals surface area contributed by atoms with E-state index in [1.165, 1.54) is 38.5 Å². The third kappa shape index (κ3) is 0.953. The zero-order valence-corrected chi connectivity index (χ0v) is 7.88. The van der Waals surface area contributed by atoms with Crippen LogP contribution in [0.15, 0.2) is 0 Å². The minimum absolute atomic E-state index is 0.663. The minimum atomic E-state index is 0.663. The van der Waals surface area contributed by atoms with Gasteiger partial charge in [-0.15, -0.1) is 0 Å². The summed E-state index contributed by atoms with van der Waals surface area (Å²) in [4.78, 5) is 0. The van der Waals surface area contributed by atoms with Gasteiger partial charge in [-0.05, 0) is 37.0 Å². The van der Waals surface area contributed by atoms with Gasteiger partial charge >= 0.3 is 0 Å². The average Bonchev–Trinajstić information content (AvgIpc) is 2.76. The van der Waals surface area contributed by atoms with Crippen LogP contribution in [0.25, 0.3) is 0 Å². The molecule has 0 aromatic rings. The number of hydrogen-bond acceptors (Lipinski definition) is 1. The monoisotopic (exact) mass is 166 g/mol. The molecule has 0 aromatic carbocycles. The number of ether oxygens (including phenoxy) is 1. The van der Waals surface area contributed by atoms with Crippen molar-refractivity contribution in [3.05, 3.63) is 0 Å². The molecule has 1 nitrogen and oxygen atoms in total. The van der Waals surface area contributed by atoms with Gasteiger partial charge in [0.25, 0.3) is 0 Å². The van der Waals surface area contributed by atoms with E-state index in [4.69, 9.17) is 4.74 Å². The van der Waals surface area contributed by atoms with Crippen molar-refractivity contribution in [2.45, 2.75) is 57.7 Å². The van der Waals surface area contributed by atoms with Gasteiger partial charge in [-0.1, -0.05) is 19.8 Å². The summed E-state index contributed by atoms with van der Waals surface area (Å²) >= 11 is 0. The fourth-order valence-electron chi connectivity index (χ4n) is 3.45. The van der Waals surface area contributed by atoms with E-state index in [1.807, 2.05) is 0 Å². The van der Waals surface area contributed by atoms with E-state index in [-0.39, 0.29) is 0 Å². The van der Waals surface area contributed by atoms with E-state index in [1.54, 1.807) is 0 Å². The summed E-state index contributed by atoms with van der Waals surface area (Å²) in [6, 6.07) is 0. The van der Waals surface area contributed by atoms with Crippen molar-refractivity contribution in [3.8, 4) is 0 Å². The van der Waals surface area contributed by atoms with Gasteiger partial charge in [-0.2, -0.15) is 0 Å². The standard InChI is InChI=1S/C11H18O/c1-11-5-3-2-4-8(11)6-9-10(7-11)12-9/h8-10H,2-7H2,1H3/t8-,9+,10-,11-/m0/s1. The normalized spacial score (nSPS) is 57.2. The summed E-state index contributed by atoms with van der Waals surface area (Å²) in [6.07, 6.45) is 9.96. The number of hydrogen-bond donors (Lipinski definition) is 0. The molecule has 0 bridgehead atoms. The van der Waals surface area contributed by atoms with Crippen molar-refractivity contribution >= 4 is 0 Å². The number of fused-ring (bicyclic) bond motifs is 2. The van der Waals surface area contributed by atoms with Crippen LogP contribution >= 0.6 is 0 Å². The highest BCUT2D eigenvalue weighted by Crippen LogP contribution is 2.55. The Balaban J connectivity index is 1.82. The van der Waals surface area contributed by atoms with Gasteiger partial charge in [0.1, 0.15) is 0 Å². The number of epoxide rings is 1. The van der Waals surface area contributed by atoms with E-state index in [0.717, 1.165) is 5.92 Å². The molecule has 1 saturated heterocycles. The molecule has 2 saturated carbocycles. The zero-order chi connectivity index (χ0) is 8.18. The second-order valence-corrected chi connectivity index (χ2v) is 5.25. The van der Waals surface area contributed by atoms with Crippen LogP contribution in [0.5, 0.6) is 0 Å².